The molecule has 0 aromatic carbocycles. The highest BCUT2D eigenvalue weighted by atomic mass is 32.1. The van der Waals surface area contributed by atoms with E-state index < -0.39 is 0 Å². The van der Waals surface area contributed by atoms with Crippen molar-refractivity contribution < 1.29 is 0 Å². The Morgan fingerprint density at radius 2 is 2.11 bits per heavy atom. The van der Waals surface area contributed by atoms with E-state index in [9.17, 15) is 0 Å². The van der Waals surface area contributed by atoms with Gasteiger partial charge in [0.15, 0.2) is 4.77 Å². The van der Waals surface area contributed by atoms with Crippen molar-refractivity contribution in [3.8, 4) is 0 Å². The van der Waals surface area contributed by atoms with Crippen LogP contribution in [0, 0.1) is 4.77 Å². The summed E-state index contributed by atoms with van der Waals surface area (Å²) in [6, 6.07) is 0. The molecule has 0 fully saturated rings. The third-order valence-electron chi connectivity index (χ3n) is 3.08. The highest BCUT2D eigenvalue weighted by Crippen LogP contribution is 2.17. The Hall–Kier alpha value is -1.66. The van der Waals surface area contributed by atoms with E-state index in [2.05, 4.69) is 24.8 Å². The van der Waals surface area contributed by atoms with Crippen molar-refractivity contribution in [2.75, 3.05) is 6.54 Å². The molecule has 6 heteroatoms. The van der Waals surface area contributed by atoms with Gasteiger partial charge in [0.1, 0.15) is 6.33 Å². The molecule has 2 aromatic rings. The fraction of sp³-hybridized carbons (Fsp3) is 0.333. The van der Waals surface area contributed by atoms with Gasteiger partial charge < -0.3 is 4.98 Å². The summed E-state index contributed by atoms with van der Waals surface area (Å²) in [5.74, 6) is 0. The molecule has 1 aliphatic heterocycles. The molecule has 0 saturated carbocycles. The normalized spacial score (nSPS) is 15.3. The molecule has 3 heterocycles. The standard InChI is InChI=1S/C12H13N5S/c18-12-15-5-10-7-17(2-1-11(10)16-12)6-9-3-13-8-14-4-9/h3-5,8H,1-2,6-7H2,(H,15,16,18). The molecule has 5 nitrogen and oxygen atoms in total. The lowest BCUT2D eigenvalue weighted by atomic mass is 10.1. The molecule has 1 aliphatic rings. The summed E-state index contributed by atoms with van der Waals surface area (Å²) < 4.78 is 0.568. The Morgan fingerprint density at radius 1 is 1.28 bits per heavy atom. The number of aromatic nitrogens is 4. The van der Waals surface area contributed by atoms with Crippen molar-refractivity contribution in [2.45, 2.75) is 19.5 Å². The van der Waals surface area contributed by atoms with Gasteiger partial charge in [0.25, 0.3) is 0 Å². The fourth-order valence-corrected chi connectivity index (χ4v) is 2.39. The van der Waals surface area contributed by atoms with E-state index in [1.54, 1.807) is 6.33 Å². The second-order valence-corrected chi connectivity index (χ2v) is 4.79. The van der Waals surface area contributed by atoms with Crippen LogP contribution in [-0.2, 0) is 19.5 Å². The smallest absolute Gasteiger partial charge is 0.196 e. The van der Waals surface area contributed by atoms with Crippen LogP contribution in [0.5, 0.6) is 0 Å². The van der Waals surface area contributed by atoms with Crippen LogP contribution >= 0.6 is 12.2 Å². The Bertz CT molecular complexity index is 595. The van der Waals surface area contributed by atoms with Gasteiger partial charge in [0.2, 0.25) is 0 Å². The first-order valence-electron chi connectivity index (χ1n) is 5.84. The number of fused-ring (bicyclic) bond motifs is 1. The number of H-pyrrole nitrogens is 1. The van der Waals surface area contributed by atoms with E-state index in [4.69, 9.17) is 12.2 Å². The Labute approximate surface area is 110 Å². The zero-order chi connectivity index (χ0) is 12.4. The molecule has 18 heavy (non-hydrogen) atoms. The van der Waals surface area contributed by atoms with Gasteiger partial charge in [-0.3, -0.25) is 4.90 Å². The molecule has 0 aliphatic carbocycles. The van der Waals surface area contributed by atoms with Gasteiger partial charge in [-0.1, -0.05) is 0 Å². The quantitative estimate of drug-likeness (QED) is 0.828. The zero-order valence-corrected chi connectivity index (χ0v) is 10.7. The van der Waals surface area contributed by atoms with Crippen LogP contribution in [-0.4, -0.2) is 31.4 Å². The molecular formula is C12H13N5S. The second-order valence-electron chi connectivity index (χ2n) is 4.40. The lowest BCUT2D eigenvalue weighted by Gasteiger charge is -2.27. The van der Waals surface area contributed by atoms with Gasteiger partial charge in [-0.25, -0.2) is 15.0 Å². The van der Waals surface area contributed by atoms with Crippen LogP contribution in [0.4, 0.5) is 0 Å². The summed E-state index contributed by atoms with van der Waals surface area (Å²) in [6.45, 7) is 2.77. The maximum atomic E-state index is 5.04. The SMILES string of the molecule is S=c1ncc2c([nH]1)CCN(Cc1cncnc1)C2. The van der Waals surface area contributed by atoms with Crippen molar-refractivity contribution in [3.05, 3.63) is 46.5 Å². The topological polar surface area (TPSA) is 57.7 Å². The van der Waals surface area contributed by atoms with E-state index in [1.165, 1.54) is 11.3 Å². The van der Waals surface area contributed by atoms with Crippen LogP contribution in [0.25, 0.3) is 0 Å². The molecular weight excluding hydrogens is 246 g/mol. The monoisotopic (exact) mass is 259 g/mol. The second kappa shape index (κ2) is 4.91. The highest BCUT2D eigenvalue weighted by Gasteiger charge is 2.16. The van der Waals surface area contributed by atoms with Gasteiger partial charge in [0, 0.05) is 61.5 Å². The number of aromatic amines is 1. The van der Waals surface area contributed by atoms with Crippen molar-refractivity contribution in [2.24, 2.45) is 0 Å². The molecule has 1 N–H and O–H groups in total. The fourth-order valence-electron chi connectivity index (χ4n) is 2.21. The molecule has 0 unspecified atom stereocenters. The number of nitrogens with zero attached hydrogens (tertiary/aromatic N) is 4. The maximum absolute atomic E-state index is 5.04. The molecule has 0 atom stereocenters. The van der Waals surface area contributed by atoms with Gasteiger partial charge >= 0.3 is 0 Å². The first kappa shape index (κ1) is 11.4. The third-order valence-corrected chi connectivity index (χ3v) is 3.28. The summed E-state index contributed by atoms with van der Waals surface area (Å²) in [7, 11) is 0. The number of hydrogen-bond acceptors (Lipinski definition) is 5. The summed E-state index contributed by atoms with van der Waals surface area (Å²) in [5, 5.41) is 0. The molecule has 0 saturated heterocycles. The summed E-state index contributed by atoms with van der Waals surface area (Å²) in [4.78, 5) is 17.7. The number of hydrogen-bond donors (Lipinski definition) is 1. The molecule has 2 aromatic heterocycles. The minimum absolute atomic E-state index is 0.568. The Morgan fingerprint density at radius 3 is 2.94 bits per heavy atom. The van der Waals surface area contributed by atoms with Gasteiger partial charge in [-0.15, -0.1) is 0 Å². The minimum atomic E-state index is 0.568. The molecule has 92 valence electrons. The highest BCUT2D eigenvalue weighted by molar-refractivity contribution is 7.71. The van der Waals surface area contributed by atoms with Crippen molar-refractivity contribution in [1.29, 1.82) is 0 Å². The van der Waals surface area contributed by atoms with E-state index in [0.717, 1.165) is 31.6 Å². The summed E-state index contributed by atoms with van der Waals surface area (Å²) in [6.07, 6.45) is 8.13. The van der Waals surface area contributed by atoms with Gasteiger partial charge in [-0.2, -0.15) is 0 Å². The maximum Gasteiger partial charge on any atom is 0.196 e. The average molecular weight is 259 g/mol. The van der Waals surface area contributed by atoms with Crippen LogP contribution in [0.1, 0.15) is 16.8 Å². The van der Waals surface area contributed by atoms with Gasteiger partial charge in [0.05, 0.1) is 0 Å². The van der Waals surface area contributed by atoms with Crippen LogP contribution in [0.15, 0.2) is 24.9 Å². The summed E-state index contributed by atoms with van der Waals surface area (Å²) >= 11 is 5.04. The summed E-state index contributed by atoms with van der Waals surface area (Å²) in [5.41, 5.74) is 3.58. The van der Waals surface area contributed by atoms with E-state index in [-0.39, 0.29) is 0 Å². The lowest BCUT2D eigenvalue weighted by molar-refractivity contribution is 0.242. The molecule has 0 amide bonds. The zero-order valence-electron chi connectivity index (χ0n) is 9.83. The Balaban J connectivity index is 1.75. The average Bonchev–Trinajstić information content (AvgIpc) is 2.40. The molecule has 0 spiro atoms. The largest absolute Gasteiger partial charge is 0.334 e. The van der Waals surface area contributed by atoms with Crippen LogP contribution in [0.2, 0.25) is 0 Å². The number of rotatable bonds is 2. The molecule has 0 bridgehead atoms. The van der Waals surface area contributed by atoms with E-state index >= 15 is 0 Å². The van der Waals surface area contributed by atoms with E-state index in [1.807, 2.05) is 18.6 Å². The molecule has 3 rings (SSSR count). The predicted molar refractivity (Wildman–Crippen MR) is 69.3 cm³/mol. The lowest BCUT2D eigenvalue weighted by Crippen LogP contribution is -2.30. The van der Waals surface area contributed by atoms with Crippen molar-refractivity contribution >= 4 is 12.2 Å². The molecule has 0 radical (unpaired) electrons. The van der Waals surface area contributed by atoms with Crippen molar-refractivity contribution in [1.82, 2.24) is 24.8 Å². The van der Waals surface area contributed by atoms with E-state index in [0.29, 0.717) is 4.77 Å². The van der Waals surface area contributed by atoms with Crippen LogP contribution in [0.3, 0.4) is 0 Å². The third kappa shape index (κ3) is 2.44. The first-order chi connectivity index (χ1) is 8.81. The van der Waals surface area contributed by atoms with Crippen LogP contribution < -0.4 is 0 Å². The number of nitrogens with one attached hydrogen (secondary N) is 1. The van der Waals surface area contributed by atoms with Gasteiger partial charge in [-0.05, 0) is 12.2 Å². The van der Waals surface area contributed by atoms with Crippen molar-refractivity contribution in [3.63, 3.8) is 0 Å². The first-order valence-corrected chi connectivity index (χ1v) is 6.25. The minimum Gasteiger partial charge on any atom is -0.334 e. The Kier molecular flexibility index (Phi) is 3.12. The predicted octanol–water partition coefficient (Wildman–Crippen LogP) is 1.49.